The van der Waals surface area contributed by atoms with Crippen LogP contribution in [0.2, 0.25) is 0 Å². The van der Waals surface area contributed by atoms with Gasteiger partial charge in [0.05, 0.1) is 33.2 Å². The number of aryl methyl sites for hydroxylation is 1. The van der Waals surface area contributed by atoms with Crippen LogP contribution < -0.4 is 10.6 Å². The van der Waals surface area contributed by atoms with Crippen molar-refractivity contribution in [3.63, 3.8) is 0 Å². The molecule has 2 unspecified atom stereocenters. The molecule has 0 amide bonds. The number of rotatable bonds is 5. The third kappa shape index (κ3) is 4.11. The van der Waals surface area contributed by atoms with E-state index in [1.54, 1.807) is 7.05 Å². The Labute approximate surface area is 193 Å². The number of aromatic nitrogens is 3. The summed E-state index contributed by atoms with van der Waals surface area (Å²) < 4.78 is 91.4. The summed E-state index contributed by atoms with van der Waals surface area (Å²) in [4.78, 5) is 12.4. The Kier molecular flexibility index (Phi) is 5.83. The SMILES string of the molecule is CCS(=O)(=O)c1ccc2c(c1)=CC(S(=O)(=O)CC)C(c1nc3cc(C(F)(F)F)ncc3n1C)N=2. The number of imidazole rings is 1. The van der Waals surface area contributed by atoms with Crippen molar-refractivity contribution >= 4 is 36.8 Å². The van der Waals surface area contributed by atoms with Gasteiger partial charge in [0.15, 0.2) is 19.7 Å². The molecule has 0 N–H and O–H groups in total. The van der Waals surface area contributed by atoms with Crippen LogP contribution in [0.4, 0.5) is 13.2 Å². The van der Waals surface area contributed by atoms with Crippen molar-refractivity contribution in [2.24, 2.45) is 12.0 Å². The molecule has 3 heterocycles. The molecule has 0 aliphatic carbocycles. The highest BCUT2D eigenvalue weighted by atomic mass is 32.2. The molecule has 0 saturated carbocycles. The fraction of sp³-hybridized carbons (Fsp3) is 0.381. The van der Waals surface area contributed by atoms with Gasteiger partial charge in [-0.05, 0) is 29.5 Å². The van der Waals surface area contributed by atoms with Gasteiger partial charge in [0.1, 0.15) is 22.8 Å². The lowest BCUT2D eigenvalue weighted by molar-refractivity contribution is -0.141. The zero-order valence-electron chi connectivity index (χ0n) is 18.4. The minimum absolute atomic E-state index is 0.0119. The summed E-state index contributed by atoms with van der Waals surface area (Å²) in [6.45, 7) is 2.98. The van der Waals surface area contributed by atoms with E-state index >= 15 is 0 Å². The maximum Gasteiger partial charge on any atom is 0.433 e. The van der Waals surface area contributed by atoms with E-state index in [-0.39, 0.29) is 27.7 Å². The molecule has 2 atom stereocenters. The molecule has 1 aromatic carbocycles. The first-order chi connectivity index (χ1) is 15.8. The number of nitrogens with zero attached hydrogens (tertiary/aromatic N) is 4. The number of pyridine rings is 1. The summed E-state index contributed by atoms with van der Waals surface area (Å²) in [6, 6.07) is 4.04. The maximum atomic E-state index is 13.1. The molecule has 3 aromatic rings. The van der Waals surface area contributed by atoms with Gasteiger partial charge < -0.3 is 4.57 Å². The number of benzene rings is 1. The Morgan fingerprint density at radius 2 is 1.76 bits per heavy atom. The third-order valence-corrected chi connectivity index (χ3v) is 9.61. The number of hydrogen-bond acceptors (Lipinski definition) is 7. The van der Waals surface area contributed by atoms with Crippen molar-refractivity contribution in [2.75, 3.05) is 11.5 Å². The molecule has 0 saturated heterocycles. The quantitative estimate of drug-likeness (QED) is 0.513. The number of fused-ring (bicyclic) bond motifs is 2. The molecule has 13 heteroatoms. The summed E-state index contributed by atoms with van der Waals surface area (Å²) in [5.74, 6) is -0.173. The van der Waals surface area contributed by atoms with Gasteiger partial charge in [-0.15, -0.1) is 0 Å². The van der Waals surface area contributed by atoms with Crippen LogP contribution in [-0.2, 0) is 32.9 Å². The number of alkyl halides is 3. The first-order valence-electron chi connectivity index (χ1n) is 10.3. The average molecular weight is 515 g/mol. The van der Waals surface area contributed by atoms with E-state index in [1.807, 2.05) is 0 Å². The summed E-state index contributed by atoms with van der Waals surface area (Å²) in [5.41, 5.74) is -0.802. The Morgan fingerprint density at radius 3 is 2.38 bits per heavy atom. The second-order valence-electron chi connectivity index (χ2n) is 7.87. The summed E-state index contributed by atoms with van der Waals surface area (Å²) in [6.07, 6.45) is -2.17. The van der Waals surface area contributed by atoms with E-state index in [2.05, 4.69) is 15.0 Å². The summed E-state index contributed by atoms with van der Waals surface area (Å²) in [5, 5.41) is -0.466. The van der Waals surface area contributed by atoms with Crippen molar-refractivity contribution in [1.29, 1.82) is 0 Å². The molecular weight excluding hydrogens is 493 g/mol. The van der Waals surface area contributed by atoms with Gasteiger partial charge in [0.2, 0.25) is 0 Å². The molecule has 1 aliphatic heterocycles. The average Bonchev–Trinajstić information content (AvgIpc) is 3.13. The lowest BCUT2D eigenvalue weighted by atomic mass is 10.1. The normalized spacial score (nSPS) is 18.9. The highest BCUT2D eigenvalue weighted by Crippen LogP contribution is 2.33. The minimum atomic E-state index is -4.65. The molecule has 2 aromatic heterocycles. The minimum Gasteiger partial charge on any atom is -0.328 e. The van der Waals surface area contributed by atoms with Gasteiger partial charge in [-0.1, -0.05) is 19.9 Å². The lowest BCUT2D eigenvalue weighted by Gasteiger charge is -2.23. The molecule has 1 aliphatic rings. The first-order valence-corrected chi connectivity index (χ1v) is 13.7. The van der Waals surface area contributed by atoms with Crippen LogP contribution in [0, 0.1) is 0 Å². The van der Waals surface area contributed by atoms with Gasteiger partial charge in [0, 0.05) is 12.8 Å². The Bertz CT molecular complexity index is 1630. The van der Waals surface area contributed by atoms with Crippen LogP contribution in [0.5, 0.6) is 0 Å². The van der Waals surface area contributed by atoms with Crippen LogP contribution in [0.1, 0.15) is 31.4 Å². The van der Waals surface area contributed by atoms with E-state index in [4.69, 9.17) is 0 Å². The highest BCUT2D eigenvalue weighted by Gasteiger charge is 2.37. The Morgan fingerprint density at radius 1 is 1.06 bits per heavy atom. The van der Waals surface area contributed by atoms with Crippen molar-refractivity contribution in [3.05, 3.63) is 52.6 Å². The molecule has 0 spiro atoms. The Hall–Kier alpha value is -2.80. The predicted molar refractivity (Wildman–Crippen MR) is 119 cm³/mol. The van der Waals surface area contributed by atoms with Crippen molar-refractivity contribution in [2.45, 2.75) is 36.2 Å². The molecule has 4 rings (SSSR count). The van der Waals surface area contributed by atoms with E-state index in [0.29, 0.717) is 16.1 Å². The Balaban J connectivity index is 1.95. The van der Waals surface area contributed by atoms with Crippen molar-refractivity contribution in [1.82, 2.24) is 14.5 Å². The van der Waals surface area contributed by atoms with Crippen LogP contribution in [-0.4, -0.2) is 48.1 Å². The van der Waals surface area contributed by atoms with E-state index in [9.17, 15) is 30.0 Å². The van der Waals surface area contributed by atoms with E-state index < -0.39 is 42.8 Å². The van der Waals surface area contributed by atoms with Crippen LogP contribution in [0.25, 0.3) is 17.1 Å². The zero-order valence-corrected chi connectivity index (χ0v) is 20.0. The van der Waals surface area contributed by atoms with Crippen molar-refractivity contribution < 1.29 is 30.0 Å². The second-order valence-corrected chi connectivity index (χ2v) is 12.6. The molecular formula is C21H21F3N4O4S2. The van der Waals surface area contributed by atoms with Crippen LogP contribution in [0.3, 0.4) is 0 Å². The van der Waals surface area contributed by atoms with Gasteiger partial charge in [-0.2, -0.15) is 13.2 Å². The zero-order chi connectivity index (χ0) is 25.1. The molecule has 34 heavy (non-hydrogen) atoms. The molecule has 182 valence electrons. The maximum absolute atomic E-state index is 13.1. The van der Waals surface area contributed by atoms with E-state index in [0.717, 1.165) is 12.3 Å². The molecule has 0 fully saturated rings. The first kappa shape index (κ1) is 24.3. The van der Waals surface area contributed by atoms with Crippen LogP contribution in [0.15, 0.2) is 40.4 Å². The third-order valence-electron chi connectivity index (χ3n) is 5.85. The second kappa shape index (κ2) is 8.15. The predicted octanol–water partition coefficient (Wildman–Crippen LogP) is 1.74. The van der Waals surface area contributed by atoms with Gasteiger partial charge in [0.25, 0.3) is 0 Å². The topological polar surface area (TPSA) is 111 Å². The van der Waals surface area contributed by atoms with Gasteiger partial charge in [-0.25, -0.2) is 26.8 Å². The highest BCUT2D eigenvalue weighted by molar-refractivity contribution is 7.92. The standard InChI is InChI=1S/C21H21F3N4O4S2/c1-4-33(29,30)13-6-7-14-12(8-13)9-17(34(31,32)5-2)19(26-14)20-27-15-10-18(21(22,23)24)25-11-16(15)28(20)3/h6-11,17,19H,4-5H2,1-3H3. The fourth-order valence-corrected chi connectivity index (χ4v) is 6.09. The number of hydrogen-bond donors (Lipinski definition) is 0. The fourth-order valence-electron chi connectivity index (χ4n) is 3.86. The largest absolute Gasteiger partial charge is 0.433 e. The smallest absolute Gasteiger partial charge is 0.328 e. The van der Waals surface area contributed by atoms with Gasteiger partial charge >= 0.3 is 6.18 Å². The molecule has 0 bridgehead atoms. The van der Waals surface area contributed by atoms with Crippen LogP contribution >= 0.6 is 0 Å². The monoisotopic (exact) mass is 514 g/mol. The number of sulfone groups is 2. The summed E-state index contributed by atoms with van der Waals surface area (Å²) >= 11 is 0. The molecule has 8 nitrogen and oxygen atoms in total. The lowest BCUT2D eigenvalue weighted by Crippen LogP contribution is -2.40. The summed E-state index contributed by atoms with van der Waals surface area (Å²) in [7, 11) is -5.72. The number of halogens is 3. The van der Waals surface area contributed by atoms with Crippen molar-refractivity contribution in [3.8, 4) is 0 Å². The van der Waals surface area contributed by atoms with E-state index in [1.165, 1.54) is 42.7 Å². The molecule has 0 radical (unpaired) electrons. The van der Waals surface area contributed by atoms with Gasteiger partial charge in [-0.3, -0.25) is 4.99 Å².